The third-order valence-electron chi connectivity index (χ3n) is 4.66. The third-order valence-corrected chi connectivity index (χ3v) is 6.48. The molecule has 0 aromatic heterocycles. The Kier molecular flexibility index (Phi) is 5.81. The summed E-state index contributed by atoms with van der Waals surface area (Å²) in [7, 11) is -2.36. The van der Waals surface area contributed by atoms with Crippen LogP contribution < -0.4 is 10.2 Å². The van der Waals surface area contributed by atoms with Gasteiger partial charge in [0, 0.05) is 31.4 Å². The Hall–Kier alpha value is -2.71. The van der Waals surface area contributed by atoms with Crippen LogP contribution in [0.4, 0.5) is 11.4 Å². The minimum atomic E-state index is -3.73. The molecule has 2 amide bonds. The van der Waals surface area contributed by atoms with Crippen LogP contribution in [0.2, 0.25) is 0 Å². The molecule has 0 aliphatic carbocycles. The Balaban J connectivity index is 1.66. The van der Waals surface area contributed by atoms with Crippen molar-refractivity contribution in [2.24, 2.45) is 0 Å². The molecule has 3 rings (SSSR count). The number of sulfonamides is 1. The van der Waals surface area contributed by atoms with E-state index in [-0.39, 0.29) is 17.3 Å². The van der Waals surface area contributed by atoms with Crippen LogP contribution in [0.5, 0.6) is 0 Å². The van der Waals surface area contributed by atoms with Gasteiger partial charge in [0.15, 0.2) is 0 Å². The molecule has 1 aliphatic heterocycles. The summed E-state index contributed by atoms with van der Waals surface area (Å²) in [6, 6.07) is 13.3. The normalized spacial score (nSPS) is 14.5. The van der Waals surface area contributed by atoms with Crippen molar-refractivity contribution >= 4 is 33.2 Å². The van der Waals surface area contributed by atoms with Gasteiger partial charge in [0.1, 0.15) is 0 Å². The molecule has 7 nitrogen and oxygen atoms in total. The second-order valence-corrected chi connectivity index (χ2v) is 8.82. The van der Waals surface area contributed by atoms with Gasteiger partial charge < -0.3 is 10.2 Å². The summed E-state index contributed by atoms with van der Waals surface area (Å²) < 4.78 is 26.0. The van der Waals surface area contributed by atoms with E-state index in [0.29, 0.717) is 18.7 Å². The zero-order valence-electron chi connectivity index (χ0n) is 15.9. The van der Waals surface area contributed by atoms with Crippen molar-refractivity contribution < 1.29 is 18.0 Å². The van der Waals surface area contributed by atoms with Gasteiger partial charge in [-0.3, -0.25) is 9.59 Å². The van der Waals surface area contributed by atoms with E-state index in [2.05, 4.69) is 5.32 Å². The van der Waals surface area contributed by atoms with Crippen LogP contribution in [-0.4, -0.2) is 44.7 Å². The molecule has 8 heteroatoms. The first-order chi connectivity index (χ1) is 13.3. The molecule has 0 spiro atoms. The molecule has 1 N–H and O–H groups in total. The fourth-order valence-electron chi connectivity index (χ4n) is 3.20. The molecule has 1 fully saturated rings. The van der Waals surface area contributed by atoms with Crippen LogP contribution in [0, 0.1) is 6.92 Å². The number of hydrogen-bond acceptors (Lipinski definition) is 4. The quantitative estimate of drug-likeness (QED) is 0.805. The van der Waals surface area contributed by atoms with E-state index in [4.69, 9.17) is 0 Å². The van der Waals surface area contributed by atoms with Crippen molar-refractivity contribution in [2.75, 3.05) is 30.4 Å². The Bertz CT molecular complexity index is 990. The molecule has 1 saturated heterocycles. The van der Waals surface area contributed by atoms with Crippen molar-refractivity contribution in [3.05, 3.63) is 54.1 Å². The molecule has 0 saturated carbocycles. The zero-order chi connectivity index (χ0) is 20.3. The predicted molar refractivity (Wildman–Crippen MR) is 108 cm³/mol. The molecule has 1 aliphatic rings. The van der Waals surface area contributed by atoms with Crippen molar-refractivity contribution in [2.45, 2.75) is 24.7 Å². The molecule has 0 radical (unpaired) electrons. The fraction of sp³-hybridized carbons (Fsp3) is 0.300. The van der Waals surface area contributed by atoms with Gasteiger partial charge in [-0.2, -0.15) is 4.31 Å². The van der Waals surface area contributed by atoms with Crippen LogP contribution in [0.25, 0.3) is 0 Å². The number of benzene rings is 2. The first-order valence-electron chi connectivity index (χ1n) is 9.01. The van der Waals surface area contributed by atoms with Crippen LogP contribution in [0.3, 0.4) is 0 Å². The fourth-order valence-corrected chi connectivity index (χ4v) is 4.35. The lowest BCUT2D eigenvalue weighted by atomic mass is 10.1. The highest BCUT2D eigenvalue weighted by Gasteiger charge is 2.24. The second-order valence-electron chi connectivity index (χ2n) is 6.77. The Morgan fingerprint density at radius 2 is 1.89 bits per heavy atom. The first-order valence-corrected chi connectivity index (χ1v) is 10.5. The molecule has 2 aromatic rings. The highest BCUT2D eigenvalue weighted by Crippen LogP contribution is 2.27. The monoisotopic (exact) mass is 401 g/mol. The molecule has 0 bridgehead atoms. The van der Waals surface area contributed by atoms with E-state index >= 15 is 0 Å². The van der Waals surface area contributed by atoms with Gasteiger partial charge in [0.05, 0.1) is 11.4 Å². The molecular formula is C20H23N3O4S. The van der Waals surface area contributed by atoms with E-state index in [9.17, 15) is 18.0 Å². The van der Waals surface area contributed by atoms with Crippen LogP contribution in [0.15, 0.2) is 53.4 Å². The van der Waals surface area contributed by atoms with Crippen molar-refractivity contribution in [3.8, 4) is 0 Å². The maximum absolute atomic E-state index is 12.5. The topological polar surface area (TPSA) is 86.8 Å². The summed E-state index contributed by atoms with van der Waals surface area (Å²) >= 11 is 0. The van der Waals surface area contributed by atoms with E-state index in [0.717, 1.165) is 22.0 Å². The smallest absolute Gasteiger partial charge is 0.243 e. The lowest BCUT2D eigenvalue weighted by Crippen LogP contribution is -2.35. The zero-order valence-corrected chi connectivity index (χ0v) is 16.7. The van der Waals surface area contributed by atoms with Gasteiger partial charge in [-0.15, -0.1) is 0 Å². The SMILES string of the molecule is Cc1cc(NC(=O)CN(C)S(=O)(=O)c2ccccc2)ccc1N1CCCC1=O. The van der Waals surface area contributed by atoms with Crippen LogP contribution >= 0.6 is 0 Å². The first kappa shape index (κ1) is 20.0. The number of nitrogens with zero attached hydrogens (tertiary/aromatic N) is 2. The molecule has 0 atom stereocenters. The summed E-state index contributed by atoms with van der Waals surface area (Å²) in [6.45, 7) is 2.28. The Morgan fingerprint density at radius 3 is 2.50 bits per heavy atom. The second kappa shape index (κ2) is 8.12. The third kappa shape index (κ3) is 4.23. The number of nitrogens with one attached hydrogen (secondary N) is 1. The van der Waals surface area contributed by atoms with Gasteiger partial charge in [-0.25, -0.2) is 8.42 Å². The minimum Gasteiger partial charge on any atom is -0.325 e. The van der Waals surface area contributed by atoms with Gasteiger partial charge in [-0.05, 0) is 49.2 Å². The highest BCUT2D eigenvalue weighted by molar-refractivity contribution is 7.89. The van der Waals surface area contributed by atoms with E-state index in [1.54, 1.807) is 41.3 Å². The number of amides is 2. The van der Waals surface area contributed by atoms with Crippen molar-refractivity contribution in [3.63, 3.8) is 0 Å². The summed E-state index contributed by atoms with van der Waals surface area (Å²) in [6.07, 6.45) is 1.40. The van der Waals surface area contributed by atoms with Gasteiger partial charge >= 0.3 is 0 Å². The van der Waals surface area contributed by atoms with E-state index < -0.39 is 15.9 Å². The highest BCUT2D eigenvalue weighted by atomic mass is 32.2. The van der Waals surface area contributed by atoms with Gasteiger partial charge in [0.25, 0.3) is 0 Å². The minimum absolute atomic E-state index is 0.104. The lowest BCUT2D eigenvalue weighted by molar-refractivity contribution is -0.117. The number of hydrogen-bond donors (Lipinski definition) is 1. The number of likely N-dealkylation sites (N-methyl/N-ethyl adjacent to an activating group) is 1. The van der Waals surface area contributed by atoms with E-state index in [1.165, 1.54) is 19.2 Å². The van der Waals surface area contributed by atoms with Crippen molar-refractivity contribution in [1.29, 1.82) is 0 Å². The Morgan fingerprint density at radius 1 is 1.18 bits per heavy atom. The summed E-state index contributed by atoms with van der Waals surface area (Å²) in [5, 5.41) is 2.72. The Labute approximate surface area is 165 Å². The summed E-state index contributed by atoms with van der Waals surface area (Å²) in [5.41, 5.74) is 2.27. The van der Waals surface area contributed by atoms with Gasteiger partial charge in [0.2, 0.25) is 21.8 Å². The molecule has 28 heavy (non-hydrogen) atoms. The maximum Gasteiger partial charge on any atom is 0.243 e. The van der Waals surface area contributed by atoms with Gasteiger partial charge in [-0.1, -0.05) is 18.2 Å². The van der Waals surface area contributed by atoms with Crippen LogP contribution in [-0.2, 0) is 19.6 Å². The largest absolute Gasteiger partial charge is 0.325 e. The predicted octanol–water partition coefficient (Wildman–Crippen LogP) is 2.38. The van der Waals surface area contributed by atoms with Crippen molar-refractivity contribution in [1.82, 2.24) is 4.31 Å². The number of anilines is 2. The average Bonchev–Trinajstić information content (AvgIpc) is 3.08. The molecule has 1 heterocycles. The lowest BCUT2D eigenvalue weighted by Gasteiger charge is -2.20. The maximum atomic E-state index is 12.5. The summed E-state index contributed by atoms with van der Waals surface area (Å²) in [5.74, 6) is -0.334. The molecule has 2 aromatic carbocycles. The molecular weight excluding hydrogens is 378 g/mol. The average molecular weight is 401 g/mol. The number of carbonyl (C=O) groups is 2. The van der Waals surface area contributed by atoms with E-state index in [1.807, 2.05) is 6.92 Å². The summed E-state index contributed by atoms with van der Waals surface area (Å²) in [4.78, 5) is 26.1. The van der Waals surface area contributed by atoms with Crippen LogP contribution in [0.1, 0.15) is 18.4 Å². The number of rotatable bonds is 6. The molecule has 0 unspecified atom stereocenters. The number of carbonyl (C=O) groups excluding carboxylic acids is 2. The standard InChI is InChI=1S/C20H23N3O4S/c1-15-13-16(10-11-18(15)23-12-6-9-20(23)25)21-19(24)14-22(2)28(26,27)17-7-4-3-5-8-17/h3-5,7-8,10-11,13H,6,9,12,14H2,1-2H3,(H,21,24). The molecule has 148 valence electrons. The number of aryl methyl sites for hydroxylation is 1.